The number of hydrogen-bond donors (Lipinski definition) is 0. The molecule has 1 aliphatic carbocycles. The van der Waals surface area contributed by atoms with Gasteiger partial charge in [0.05, 0.1) is 0 Å². The summed E-state index contributed by atoms with van der Waals surface area (Å²) in [6, 6.07) is 9.84. The molecule has 1 aromatic carbocycles. The van der Waals surface area contributed by atoms with Crippen LogP contribution < -0.4 is 4.74 Å². The molecule has 1 heteroatoms. The lowest BCUT2D eigenvalue weighted by Crippen LogP contribution is -1.91. The third kappa shape index (κ3) is 4.73. The maximum atomic E-state index is 5.72. The molecule has 2 rings (SSSR count). The van der Waals surface area contributed by atoms with E-state index in [-0.39, 0.29) is 0 Å². The van der Waals surface area contributed by atoms with Gasteiger partial charge in [-0.25, -0.2) is 0 Å². The van der Waals surface area contributed by atoms with E-state index in [4.69, 9.17) is 4.74 Å². The van der Waals surface area contributed by atoms with Crippen LogP contribution in [0.15, 0.2) is 66.0 Å². The third-order valence-corrected chi connectivity index (χ3v) is 2.25. The first-order chi connectivity index (χ1) is 8.34. The molecule has 0 amide bonds. The van der Waals surface area contributed by atoms with Crippen LogP contribution in [-0.4, -0.2) is 0 Å². The molecule has 0 radical (unpaired) electrons. The van der Waals surface area contributed by atoms with Crippen molar-refractivity contribution in [1.29, 1.82) is 0 Å². The van der Waals surface area contributed by atoms with Crippen LogP contribution in [0.4, 0.5) is 0 Å². The largest absolute Gasteiger partial charge is 0.458 e. The van der Waals surface area contributed by atoms with Crippen molar-refractivity contribution in [3.05, 3.63) is 66.0 Å². The van der Waals surface area contributed by atoms with E-state index >= 15 is 0 Å². The molecule has 1 nitrogen and oxygen atoms in total. The quantitative estimate of drug-likeness (QED) is 0.700. The van der Waals surface area contributed by atoms with Gasteiger partial charge < -0.3 is 4.74 Å². The summed E-state index contributed by atoms with van der Waals surface area (Å²) in [7, 11) is 0. The number of ether oxygens (including phenoxy) is 1. The number of allylic oxidation sites excluding steroid dienone is 5. The Morgan fingerprint density at radius 2 is 1.65 bits per heavy atom. The van der Waals surface area contributed by atoms with Crippen LogP contribution >= 0.6 is 0 Å². The standard InChI is InChI=1S/C14H14O.C2H6/c1-12-6-5-9-14(11-10-12)15-13-7-3-2-4-8-13;1-2/h2-4,6-11H,5H2,1H3;1-2H3. The van der Waals surface area contributed by atoms with Gasteiger partial charge in [0.15, 0.2) is 0 Å². The van der Waals surface area contributed by atoms with Crippen molar-refractivity contribution >= 4 is 0 Å². The maximum absolute atomic E-state index is 5.72. The lowest BCUT2D eigenvalue weighted by molar-refractivity contribution is 0.443. The molecule has 0 aromatic heterocycles. The Hall–Kier alpha value is -1.76. The van der Waals surface area contributed by atoms with Gasteiger partial charge in [0.2, 0.25) is 0 Å². The van der Waals surface area contributed by atoms with Crippen LogP contribution in [0.5, 0.6) is 5.75 Å². The molecule has 90 valence electrons. The lowest BCUT2D eigenvalue weighted by atomic mass is 10.2. The van der Waals surface area contributed by atoms with Crippen LogP contribution in [0.1, 0.15) is 27.2 Å². The molecule has 0 aliphatic heterocycles. The number of hydrogen-bond acceptors (Lipinski definition) is 1. The second kappa shape index (κ2) is 7.50. The van der Waals surface area contributed by atoms with Gasteiger partial charge in [-0.2, -0.15) is 0 Å². The molecule has 1 aromatic rings. The predicted octanol–water partition coefficient (Wildman–Crippen LogP) is 4.88. The molecular weight excluding hydrogens is 208 g/mol. The second-order valence-electron chi connectivity index (χ2n) is 3.54. The summed E-state index contributed by atoms with van der Waals surface area (Å²) in [5, 5.41) is 0. The van der Waals surface area contributed by atoms with Gasteiger partial charge in [-0.15, -0.1) is 0 Å². The van der Waals surface area contributed by atoms with Crippen LogP contribution in [0.2, 0.25) is 0 Å². The first kappa shape index (κ1) is 13.3. The van der Waals surface area contributed by atoms with E-state index < -0.39 is 0 Å². The third-order valence-electron chi connectivity index (χ3n) is 2.25. The molecule has 17 heavy (non-hydrogen) atoms. The van der Waals surface area contributed by atoms with E-state index in [1.165, 1.54) is 5.57 Å². The van der Waals surface area contributed by atoms with Crippen molar-refractivity contribution in [3.8, 4) is 5.75 Å². The molecular formula is C16H20O. The Morgan fingerprint density at radius 3 is 2.35 bits per heavy atom. The van der Waals surface area contributed by atoms with Crippen molar-refractivity contribution in [3.63, 3.8) is 0 Å². The summed E-state index contributed by atoms with van der Waals surface area (Å²) in [6.07, 6.45) is 9.27. The zero-order valence-electron chi connectivity index (χ0n) is 10.8. The molecule has 0 fully saturated rings. The zero-order valence-corrected chi connectivity index (χ0v) is 10.8. The van der Waals surface area contributed by atoms with Crippen molar-refractivity contribution in [2.75, 3.05) is 0 Å². The Labute approximate surface area is 104 Å². The minimum atomic E-state index is 0.882. The minimum absolute atomic E-state index is 0.882. The lowest BCUT2D eigenvalue weighted by Gasteiger charge is -2.04. The average molecular weight is 228 g/mol. The zero-order chi connectivity index (χ0) is 12.5. The predicted molar refractivity (Wildman–Crippen MR) is 74.0 cm³/mol. The van der Waals surface area contributed by atoms with Gasteiger partial charge in [0, 0.05) is 0 Å². The fraction of sp³-hybridized carbons (Fsp3) is 0.250. The van der Waals surface area contributed by atoms with Crippen molar-refractivity contribution in [2.24, 2.45) is 0 Å². The summed E-state index contributed by atoms with van der Waals surface area (Å²) >= 11 is 0. The molecule has 0 saturated heterocycles. The van der Waals surface area contributed by atoms with E-state index in [0.717, 1.165) is 17.9 Å². The fourth-order valence-corrected chi connectivity index (χ4v) is 1.41. The van der Waals surface area contributed by atoms with Crippen molar-refractivity contribution in [2.45, 2.75) is 27.2 Å². The first-order valence-corrected chi connectivity index (χ1v) is 6.12. The SMILES string of the molecule is CC.CC1=CCC=C(Oc2ccccc2)C=C1. The van der Waals surface area contributed by atoms with Gasteiger partial charge >= 0.3 is 0 Å². The number of para-hydroxylation sites is 1. The van der Waals surface area contributed by atoms with Gasteiger partial charge in [-0.3, -0.25) is 0 Å². The highest BCUT2D eigenvalue weighted by Crippen LogP contribution is 2.16. The Bertz CT molecular complexity index is 410. The van der Waals surface area contributed by atoms with Crippen LogP contribution in [0.3, 0.4) is 0 Å². The normalized spacial score (nSPS) is 13.8. The summed E-state index contributed by atoms with van der Waals surface area (Å²) < 4.78 is 5.72. The van der Waals surface area contributed by atoms with Crippen molar-refractivity contribution in [1.82, 2.24) is 0 Å². The van der Waals surface area contributed by atoms with Gasteiger partial charge in [0.25, 0.3) is 0 Å². The molecule has 1 aliphatic rings. The summed E-state index contributed by atoms with van der Waals surface area (Å²) in [5.74, 6) is 1.79. The topological polar surface area (TPSA) is 9.23 Å². The van der Waals surface area contributed by atoms with E-state index in [1.807, 2.05) is 50.3 Å². The first-order valence-electron chi connectivity index (χ1n) is 6.12. The number of benzene rings is 1. The highest BCUT2D eigenvalue weighted by Gasteiger charge is 1.98. The summed E-state index contributed by atoms with van der Waals surface area (Å²) in [5.41, 5.74) is 1.28. The Kier molecular flexibility index (Phi) is 5.87. The number of rotatable bonds is 2. The van der Waals surface area contributed by atoms with Crippen molar-refractivity contribution < 1.29 is 4.74 Å². The van der Waals surface area contributed by atoms with E-state index in [1.54, 1.807) is 0 Å². The highest BCUT2D eigenvalue weighted by atomic mass is 16.5. The van der Waals surface area contributed by atoms with E-state index in [9.17, 15) is 0 Å². The van der Waals surface area contributed by atoms with E-state index in [2.05, 4.69) is 25.2 Å². The van der Waals surface area contributed by atoms with Gasteiger partial charge in [0.1, 0.15) is 11.5 Å². The smallest absolute Gasteiger partial charge is 0.127 e. The molecule has 0 heterocycles. The van der Waals surface area contributed by atoms with Crippen LogP contribution in [0, 0.1) is 0 Å². The molecule has 0 unspecified atom stereocenters. The monoisotopic (exact) mass is 228 g/mol. The second-order valence-corrected chi connectivity index (χ2v) is 3.54. The Balaban J connectivity index is 0.000000686. The highest BCUT2D eigenvalue weighted by molar-refractivity contribution is 5.32. The average Bonchev–Trinajstić information content (AvgIpc) is 2.58. The van der Waals surface area contributed by atoms with Crippen LogP contribution in [-0.2, 0) is 0 Å². The molecule has 0 atom stereocenters. The maximum Gasteiger partial charge on any atom is 0.127 e. The summed E-state index contributed by atoms with van der Waals surface area (Å²) in [6.45, 7) is 6.09. The van der Waals surface area contributed by atoms with E-state index in [0.29, 0.717) is 0 Å². The fourth-order valence-electron chi connectivity index (χ4n) is 1.41. The van der Waals surface area contributed by atoms with Gasteiger partial charge in [-0.1, -0.05) is 49.8 Å². The summed E-state index contributed by atoms with van der Waals surface area (Å²) in [4.78, 5) is 0. The minimum Gasteiger partial charge on any atom is -0.458 e. The van der Waals surface area contributed by atoms with Gasteiger partial charge in [-0.05, 0) is 37.6 Å². The molecule has 0 spiro atoms. The Morgan fingerprint density at radius 1 is 0.941 bits per heavy atom. The van der Waals surface area contributed by atoms with Crippen LogP contribution in [0.25, 0.3) is 0 Å². The molecule has 0 saturated carbocycles. The molecule has 0 N–H and O–H groups in total. The molecule has 0 bridgehead atoms.